The van der Waals surface area contributed by atoms with Crippen molar-refractivity contribution in [3.05, 3.63) is 94.1 Å². The summed E-state index contributed by atoms with van der Waals surface area (Å²) in [4.78, 5) is 43.6. The van der Waals surface area contributed by atoms with E-state index in [0.717, 1.165) is 11.3 Å². The molecule has 0 saturated carbocycles. The standard InChI is InChI=1S/C23H24N6O4/c1-16(19-4-2-3-10-25-19)28-20-6-5-18(14-21(20)29(32)33)23(31)26-13-9-22(30)27-15-17-7-11-24-12-8-17/h2-8,10-12,14,16,28H,9,13,15H2,1H3,(H,26,31)(H,27,30). The summed E-state index contributed by atoms with van der Waals surface area (Å²) in [5, 5.41) is 20.0. The van der Waals surface area contributed by atoms with Crippen LogP contribution in [0.3, 0.4) is 0 Å². The molecule has 2 heterocycles. The fourth-order valence-electron chi connectivity index (χ4n) is 3.07. The largest absolute Gasteiger partial charge is 0.371 e. The average molecular weight is 448 g/mol. The van der Waals surface area contributed by atoms with E-state index >= 15 is 0 Å². The summed E-state index contributed by atoms with van der Waals surface area (Å²) in [5.41, 5.74) is 1.84. The van der Waals surface area contributed by atoms with E-state index in [2.05, 4.69) is 25.9 Å². The molecule has 10 heteroatoms. The van der Waals surface area contributed by atoms with E-state index in [9.17, 15) is 19.7 Å². The molecule has 0 radical (unpaired) electrons. The van der Waals surface area contributed by atoms with Gasteiger partial charge in [0.15, 0.2) is 0 Å². The number of amides is 2. The Kier molecular flexibility index (Phi) is 8.01. The Morgan fingerprint density at radius 3 is 2.55 bits per heavy atom. The maximum atomic E-state index is 12.4. The van der Waals surface area contributed by atoms with Gasteiger partial charge < -0.3 is 16.0 Å². The molecule has 2 amide bonds. The van der Waals surface area contributed by atoms with Crippen LogP contribution in [-0.4, -0.2) is 33.3 Å². The number of nitrogens with one attached hydrogen (secondary N) is 3. The summed E-state index contributed by atoms with van der Waals surface area (Å²) < 4.78 is 0. The molecule has 0 bridgehead atoms. The van der Waals surface area contributed by atoms with Gasteiger partial charge >= 0.3 is 0 Å². The zero-order valence-corrected chi connectivity index (χ0v) is 18.0. The van der Waals surface area contributed by atoms with Crippen LogP contribution in [0.5, 0.6) is 0 Å². The monoisotopic (exact) mass is 448 g/mol. The smallest absolute Gasteiger partial charge is 0.293 e. The first-order valence-electron chi connectivity index (χ1n) is 10.3. The Labute approximate surface area is 190 Å². The van der Waals surface area contributed by atoms with Crippen molar-refractivity contribution in [1.29, 1.82) is 0 Å². The van der Waals surface area contributed by atoms with Crippen LogP contribution in [0.2, 0.25) is 0 Å². The summed E-state index contributed by atoms with van der Waals surface area (Å²) in [6.45, 7) is 2.31. The summed E-state index contributed by atoms with van der Waals surface area (Å²) in [5.74, 6) is -0.717. The number of carbonyl (C=O) groups excluding carboxylic acids is 2. The van der Waals surface area contributed by atoms with E-state index in [0.29, 0.717) is 6.54 Å². The second kappa shape index (κ2) is 11.3. The van der Waals surface area contributed by atoms with Crippen molar-refractivity contribution in [1.82, 2.24) is 20.6 Å². The number of nitro benzene ring substituents is 1. The van der Waals surface area contributed by atoms with Gasteiger partial charge in [0.1, 0.15) is 5.69 Å². The van der Waals surface area contributed by atoms with E-state index in [1.54, 1.807) is 36.8 Å². The third kappa shape index (κ3) is 6.82. The fraction of sp³-hybridized carbons (Fsp3) is 0.217. The SMILES string of the molecule is CC(Nc1ccc(C(=O)NCCC(=O)NCc2ccncc2)cc1[N+](=O)[O-])c1ccccn1. The van der Waals surface area contributed by atoms with Crippen LogP contribution < -0.4 is 16.0 Å². The first-order chi connectivity index (χ1) is 15.9. The molecule has 2 aromatic heterocycles. The third-order valence-corrected chi connectivity index (χ3v) is 4.84. The van der Waals surface area contributed by atoms with Gasteiger partial charge in [-0.3, -0.25) is 29.7 Å². The predicted molar refractivity (Wildman–Crippen MR) is 122 cm³/mol. The van der Waals surface area contributed by atoms with Crippen molar-refractivity contribution < 1.29 is 14.5 Å². The van der Waals surface area contributed by atoms with Gasteiger partial charge in [0.05, 0.1) is 16.7 Å². The quantitative estimate of drug-likeness (QED) is 0.320. The molecule has 0 spiro atoms. The molecular formula is C23H24N6O4. The van der Waals surface area contributed by atoms with Crippen molar-refractivity contribution in [2.45, 2.75) is 25.9 Å². The van der Waals surface area contributed by atoms with Gasteiger partial charge in [-0.15, -0.1) is 0 Å². The minimum Gasteiger partial charge on any atom is -0.371 e. The van der Waals surface area contributed by atoms with Gasteiger partial charge in [0.2, 0.25) is 5.91 Å². The Morgan fingerprint density at radius 2 is 1.85 bits per heavy atom. The molecule has 33 heavy (non-hydrogen) atoms. The first-order valence-corrected chi connectivity index (χ1v) is 10.3. The van der Waals surface area contributed by atoms with Gasteiger partial charge in [0, 0.05) is 49.7 Å². The Morgan fingerprint density at radius 1 is 1.06 bits per heavy atom. The van der Waals surface area contributed by atoms with E-state index in [1.165, 1.54) is 18.2 Å². The van der Waals surface area contributed by atoms with Crippen molar-refractivity contribution in [3.63, 3.8) is 0 Å². The lowest BCUT2D eigenvalue weighted by atomic mass is 10.1. The van der Waals surface area contributed by atoms with Gasteiger partial charge in [-0.05, 0) is 48.9 Å². The lowest BCUT2D eigenvalue weighted by Gasteiger charge is -2.15. The molecule has 0 saturated heterocycles. The highest BCUT2D eigenvalue weighted by Crippen LogP contribution is 2.28. The number of anilines is 1. The lowest BCUT2D eigenvalue weighted by Crippen LogP contribution is -2.30. The molecule has 1 atom stereocenters. The number of rotatable bonds is 10. The van der Waals surface area contributed by atoms with Crippen LogP contribution in [0.1, 0.15) is 41.0 Å². The Hall–Kier alpha value is -4.34. The second-order valence-corrected chi connectivity index (χ2v) is 7.25. The summed E-state index contributed by atoms with van der Waals surface area (Å²) in [6.07, 6.45) is 5.01. The molecule has 0 aliphatic rings. The second-order valence-electron chi connectivity index (χ2n) is 7.25. The van der Waals surface area contributed by atoms with Crippen LogP contribution in [0.4, 0.5) is 11.4 Å². The number of carbonyl (C=O) groups is 2. The highest BCUT2D eigenvalue weighted by Gasteiger charge is 2.19. The van der Waals surface area contributed by atoms with Crippen LogP contribution in [0.15, 0.2) is 67.1 Å². The van der Waals surface area contributed by atoms with Crippen molar-refractivity contribution in [3.8, 4) is 0 Å². The van der Waals surface area contributed by atoms with Crippen LogP contribution >= 0.6 is 0 Å². The number of benzene rings is 1. The minimum atomic E-state index is -0.545. The predicted octanol–water partition coefficient (Wildman–Crippen LogP) is 2.99. The van der Waals surface area contributed by atoms with Gasteiger partial charge in [-0.2, -0.15) is 0 Å². The molecule has 0 fully saturated rings. The summed E-state index contributed by atoms with van der Waals surface area (Å²) in [7, 11) is 0. The highest BCUT2D eigenvalue weighted by atomic mass is 16.6. The summed E-state index contributed by atoms with van der Waals surface area (Å²) >= 11 is 0. The molecule has 3 N–H and O–H groups in total. The normalized spacial score (nSPS) is 11.3. The zero-order valence-electron chi connectivity index (χ0n) is 18.0. The minimum absolute atomic E-state index is 0.0835. The number of hydrogen-bond donors (Lipinski definition) is 3. The van der Waals surface area contributed by atoms with Gasteiger partial charge in [-0.1, -0.05) is 6.07 Å². The number of nitrogens with zero attached hydrogens (tertiary/aromatic N) is 3. The molecule has 0 aliphatic carbocycles. The molecule has 3 aromatic rings. The van der Waals surface area contributed by atoms with Crippen LogP contribution in [0.25, 0.3) is 0 Å². The van der Waals surface area contributed by atoms with Crippen LogP contribution in [-0.2, 0) is 11.3 Å². The number of pyridine rings is 2. The molecule has 3 rings (SSSR count). The average Bonchev–Trinajstić information content (AvgIpc) is 2.84. The zero-order chi connectivity index (χ0) is 23.6. The summed E-state index contributed by atoms with van der Waals surface area (Å²) in [6, 6.07) is 13.0. The van der Waals surface area contributed by atoms with Crippen LogP contribution in [0, 0.1) is 10.1 Å². The molecule has 0 aliphatic heterocycles. The van der Waals surface area contributed by atoms with E-state index in [1.807, 2.05) is 19.1 Å². The van der Waals surface area contributed by atoms with Gasteiger partial charge in [0.25, 0.3) is 11.6 Å². The number of nitro groups is 1. The van der Waals surface area contributed by atoms with Crippen molar-refractivity contribution in [2.75, 3.05) is 11.9 Å². The topological polar surface area (TPSA) is 139 Å². The van der Waals surface area contributed by atoms with Gasteiger partial charge in [-0.25, -0.2) is 0 Å². The van der Waals surface area contributed by atoms with E-state index in [4.69, 9.17) is 0 Å². The molecule has 10 nitrogen and oxygen atoms in total. The van der Waals surface area contributed by atoms with E-state index < -0.39 is 10.8 Å². The highest BCUT2D eigenvalue weighted by molar-refractivity contribution is 5.96. The molecule has 1 aromatic carbocycles. The third-order valence-electron chi connectivity index (χ3n) is 4.84. The first kappa shape index (κ1) is 23.3. The van der Waals surface area contributed by atoms with Crippen molar-refractivity contribution >= 4 is 23.2 Å². The van der Waals surface area contributed by atoms with E-state index in [-0.39, 0.29) is 41.9 Å². The number of hydrogen-bond acceptors (Lipinski definition) is 7. The lowest BCUT2D eigenvalue weighted by molar-refractivity contribution is -0.384. The molecule has 1 unspecified atom stereocenters. The Bertz CT molecular complexity index is 1110. The fourth-order valence-corrected chi connectivity index (χ4v) is 3.07. The Balaban J connectivity index is 1.55. The maximum Gasteiger partial charge on any atom is 0.293 e. The molecular weight excluding hydrogens is 424 g/mol. The number of aromatic nitrogens is 2. The van der Waals surface area contributed by atoms with Crippen molar-refractivity contribution in [2.24, 2.45) is 0 Å². The maximum absolute atomic E-state index is 12.4. The molecule has 170 valence electrons.